The average Bonchev–Trinajstić information content (AvgIpc) is 2.46. The standard InChI is InChI=1S/C7H11NS4/c1-8(2)7-11-5-6(12-7)10-4-3-9-5/h7H,3-4H2,1-2H3. The highest BCUT2D eigenvalue weighted by Gasteiger charge is 2.29. The number of hydrogen-bond donors (Lipinski definition) is 0. The van der Waals surface area contributed by atoms with Gasteiger partial charge in [0.05, 0.1) is 8.47 Å². The molecule has 0 N–H and O–H groups in total. The predicted molar refractivity (Wildman–Crippen MR) is 64.6 cm³/mol. The summed E-state index contributed by atoms with van der Waals surface area (Å²) in [5, 5.41) is 0. The molecule has 68 valence electrons. The lowest BCUT2D eigenvalue weighted by molar-refractivity contribution is 0.462. The van der Waals surface area contributed by atoms with E-state index in [4.69, 9.17) is 0 Å². The van der Waals surface area contributed by atoms with E-state index in [0.717, 1.165) is 0 Å². The molecule has 0 aromatic carbocycles. The van der Waals surface area contributed by atoms with Gasteiger partial charge in [-0.3, -0.25) is 4.90 Å². The van der Waals surface area contributed by atoms with Crippen LogP contribution in [0, 0.1) is 0 Å². The molecule has 1 nitrogen and oxygen atoms in total. The third kappa shape index (κ3) is 1.95. The number of nitrogens with zero attached hydrogens (tertiary/aromatic N) is 1. The van der Waals surface area contributed by atoms with Gasteiger partial charge in [-0.15, -0.1) is 23.5 Å². The highest BCUT2D eigenvalue weighted by molar-refractivity contribution is 8.38. The molecule has 12 heavy (non-hydrogen) atoms. The van der Waals surface area contributed by atoms with E-state index in [1.807, 2.05) is 47.0 Å². The number of rotatable bonds is 1. The van der Waals surface area contributed by atoms with Gasteiger partial charge in [0, 0.05) is 11.5 Å². The molecule has 0 fully saturated rings. The van der Waals surface area contributed by atoms with E-state index in [0.29, 0.717) is 4.71 Å². The highest BCUT2D eigenvalue weighted by Crippen LogP contribution is 2.57. The minimum absolute atomic E-state index is 0.619. The lowest BCUT2D eigenvalue weighted by atomic mass is 11.0. The molecule has 0 spiro atoms. The molecule has 0 aromatic rings. The lowest BCUT2D eigenvalue weighted by Crippen LogP contribution is -2.18. The molecule has 5 heteroatoms. The molecule has 0 bridgehead atoms. The van der Waals surface area contributed by atoms with Gasteiger partial charge in [0.15, 0.2) is 0 Å². The first kappa shape index (κ1) is 9.65. The minimum atomic E-state index is 0.619. The van der Waals surface area contributed by atoms with Crippen LogP contribution < -0.4 is 0 Å². The first-order valence-corrected chi connectivity index (χ1v) is 7.50. The highest BCUT2D eigenvalue weighted by atomic mass is 32.3. The van der Waals surface area contributed by atoms with Crippen molar-refractivity contribution in [2.24, 2.45) is 0 Å². The first-order chi connectivity index (χ1) is 5.77. The second-order valence-corrected chi connectivity index (χ2v) is 7.98. The topological polar surface area (TPSA) is 3.24 Å². The molecule has 2 rings (SSSR count). The molecule has 0 aliphatic carbocycles. The quantitative estimate of drug-likeness (QED) is 0.688. The van der Waals surface area contributed by atoms with Gasteiger partial charge >= 0.3 is 0 Å². The molecule has 0 saturated carbocycles. The summed E-state index contributed by atoms with van der Waals surface area (Å²) in [7, 11) is 4.30. The molecule has 0 amide bonds. The summed E-state index contributed by atoms with van der Waals surface area (Å²) in [4.78, 5) is 2.29. The molecular formula is C7H11NS4. The third-order valence-corrected chi connectivity index (χ3v) is 8.02. The summed E-state index contributed by atoms with van der Waals surface area (Å²) >= 11 is 8.09. The zero-order chi connectivity index (χ0) is 8.55. The maximum absolute atomic E-state index is 2.29. The Morgan fingerprint density at radius 2 is 1.58 bits per heavy atom. The monoisotopic (exact) mass is 237 g/mol. The molecule has 2 aliphatic heterocycles. The van der Waals surface area contributed by atoms with Crippen LogP contribution >= 0.6 is 47.0 Å². The zero-order valence-electron chi connectivity index (χ0n) is 7.07. The predicted octanol–water partition coefficient (Wildman–Crippen LogP) is 2.92. The van der Waals surface area contributed by atoms with Gasteiger partial charge in [0.2, 0.25) is 0 Å². The summed E-state index contributed by atoms with van der Waals surface area (Å²) in [5.41, 5.74) is 0. The Hall–Kier alpha value is 1.10. The fourth-order valence-electron chi connectivity index (χ4n) is 0.969. The Kier molecular flexibility index (Phi) is 3.29. The van der Waals surface area contributed by atoms with Gasteiger partial charge in [0.25, 0.3) is 0 Å². The Bertz CT molecular complexity index is 195. The van der Waals surface area contributed by atoms with Gasteiger partial charge in [-0.05, 0) is 14.1 Å². The van der Waals surface area contributed by atoms with Gasteiger partial charge in [-0.1, -0.05) is 23.5 Å². The molecule has 2 aliphatic rings. The van der Waals surface area contributed by atoms with Crippen molar-refractivity contribution in [3.8, 4) is 0 Å². The van der Waals surface area contributed by atoms with Crippen molar-refractivity contribution in [3.05, 3.63) is 8.47 Å². The van der Waals surface area contributed by atoms with E-state index in [9.17, 15) is 0 Å². The fourth-order valence-corrected chi connectivity index (χ4v) is 7.23. The van der Waals surface area contributed by atoms with Crippen LogP contribution in [-0.4, -0.2) is 35.2 Å². The molecule has 0 radical (unpaired) electrons. The number of hydrogen-bond acceptors (Lipinski definition) is 5. The normalized spacial score (nSPS) is 25.2. The third-order valence-electron chi connectivity index (χ3n) is 1.55. The SMILES string of the molecule is CN(C)C1SC2=C(SCCS2)S1. The van der Waals surface area contributed by atoms with Crippen LogP contribution in [0.4, 0.5) is 0 Å². The second-order valence-electron chi connectivity index (χ2n) is 2.78. The molecule has 0 aromatic heterocycles. The maximum atomic E-state index is 2.29. The Balaban J connectivity index is 2.02. The van der Waals surface area contributed by atoms with Gasteiger partial charge in [0.1, 0.15) is 4.71 Å². The molecule has 2 heterocycles. The first-order valence-electron chi connectivity index (χ1n) is 3.77. The van der Waals surface area contributed by atoms with Crippen LogP contribution in [0.5, 0.6) is 0 Å². The molecule has 0 unspecified atom stereocenters. The summed E-state index contributed by atoms with van der Waals surface area (Å²) in [6.45, 7) is 0. The van der Waals surface area contributed by atoms with Crippen molar-refractivity contribution < 1.29 is 0 Å². The van der Waals surface area contributed by atoms with Crippen molar-refractivity contribution in [2.75, 3.05) is 25.6 Å². The largest absolute Gasteiger partial charge is 0.289 e. The summed E-state index contributed by atoms with van der Waals surface area (Å²) in [6, 6.07) is 0. The fraction of sp³-hybridized carbons (Fsp3) is 0.714. The summed E-state index contributed by atoms with van der Waals surface area (Å²) in [6.07, 6.45) is 0. The summed E-state index contributed by atoms with van der Waals surface area (Å²) < 4.78 is 3.75. The van der Waals surface area contributed by atoms with Crippen molar-refractivity contribution >= 4 is 47.0 Å². The van der Waals surface area contributed by atoms with Crippen LogP contribution in [-0.2, 0) is 0 Å². The Morgan fingerprint density at radius 3 is 2.00 bits per heavy atom. The zero-order valence-corrected chi connectivity index (χ0v) is 10.3. The minimum Gasteiger partial charge on any atom is -0.289 e. The molecular weight excluding hydrogens is 226 g/mol. The Morgan fingerprint density at radius 1 is 1.08 bits per heavy atom. The van der Waals surface area contributed by atoms with Crippen molar-refractivity contribution in [3.63, 3.8) is 0 Å². The van der Waals surface area contributed by atoms with Crippen LogP contribution in [0.3, 0.4) is 0 Å². The second kappa shape index (κ2) is 4.09. The van der Waals surface area contributed by atoms with Gasteiger partial charge in [-0.25, -0.2) is 0 Å². The van der Waals surface area contributed by atoms with Gasteiger partial charge < -0.3 is 0 Å². The van der Waals surface area contributed by atoms with Crippen LogP contribution in [0.25, 0.3) is 0 Å². The van der Waals surface area contributed by atoms with E-state index in [1.54, 1.807) is 8.47 Å². The number of thioether (sulfide) groups is 4. The molecule has 0 atom stereocenters. The maximum Gasteiger partial charge on any atom is 0.113 e. The smallest absolute Gasteiger partial charge is 0.113 e. The summed E-state index contributed by atoms with van der Waals surface area (Å²) in [5.74, 6) is 2.58. The van der Waals surface area contributed by atoms with Crippen LogP contribution in [0.2, 0.25) is 0 Å². The van der Waals surface area contributed by atoms with E-state index < -0.39 is 0 Å². The Labute approximate surface area is 90.5 Å². The van der Waals surface area contributed by atoms with Crippen molar-refractivity contribution in [1.29, 1.82) is 0 Å². The van der Waals surface area contributed by atoms with Crippen LogP contribution in [0.1, 0.15) is 0 Å². The van der Waals surface area contributed by atoms with E-state index in [-0.39, 0.29) is 0 Å². The van der Waals surface area contributed by atoms with Gasteiger partial charge in [-0.2, -0.15) is 0 Å². The van der Waals surface area contributed by atoms with E-state index in [2.05, 4.69) is 19.0 Å². The van der Waals surface area contributed by atoms with Crippen molar-refractivity contribution in [2.45, 2.75) is 4.71 Å². The lowest BCUT2D eigenvalue weighted by Gasteiger charge is -2.16. The van der Waals surface area contributed by atoms with E-state index >= 15 is 0 Å². The van der Waals surface area contributed by atoms with E-state index in [1.165, 1.54) is 11.5 Å². The van der Waals surface area contributed by atoms with Crippen molar-refractivity contribution in [1.82, 2.24) is 4.90 Å². The molecule has 0 saturated heterocycles. The average molecular weight is 237 g/mol. The van der Waals surface area contributed by atoms with Crippen LogP contribution in [0.15, 0.2) is 8.47 Å².